The third kappa shape index (κ3) is 6.74. The van der Waals surface area contributed by atoms with Crippen LogP contribution in [0, 0.1) is 0 Å². The topological polar surface area (TPSA) is 68.4 Å². The molecule has 86 valence electrons. The monoisotopic (exact) mass is 212 g/mol. The number of nitrogen functional groups attached to an aromatic ring is 1. The van der Waals surface area contributed by atoms with Crippen LogP contribution in [0.4, 0.5) is 5.82 Å². The number of anilines is 1. The third-order valence-electron chi connectivity index (χ3n) is 1.35. The first-order chi connectivity index (χ1) is 6.97. The fourth-order valence-electron chi connectivity index (χ4n) is 0.737. The van der Waals surface area contributed by atoms with Gasteiger partial charge in [0.2, 0.25) is 0 Å². The minimum absolute atomic E-state index is 0.235. The van der Waals surface area contributed by atoms with Gasteiger partial charge in [0.25, 0.3) is 0 Å². The van der Waals surface area contributed by atoms with E-state index in [-0.39, 0.29) is 6.61 Å². The molecule has 0 saturated heterocycles. The summed E-state index contributed by atoms with van der Waals surface area (Å²) in [5, 5.41) is 9.36. The molecule has 0 amide bonds. The number of ether oxygens (including phenoxy) is 1. The zero-order chi connectivity index (χ0) is 11.9. The van der Waals surface area contributed by atoms with Crippen LogP contribution in [-0.4, -0.2) is 22.3 Å². The lowest BCUT2D eigenvalue weighted by Crippen LogP contribution is -2.27. The average molecular weight is 212 g/mol. The van der Waals surface area contributed by atoms with Gasteiger partial charge in [0.15, 0.2) is 0 Å². The quantitative estimate of drug-likeness (QED) is 0.802. The highest BCUT2D eigenvalue weighted by atomic mass is 16.5. The van der Waals surface area contributed by atoms with Crippen LogP contribution in [0.2, 0.25) is 0 Å². The van der Waals surface area contributed by atoms with Gasteiger partial charge in [0.05, 0.1) is 11.8 Å². The zero-order valence-corrected chi connectivity index (χ0v) is 9.82. The molecule has 0 bridgehead atoms. The highest BCUT2D eigenvalue weighted by molar-refractivity contribution is 5.32. The largest absolute Gasteiger partial charge is 0.489 e. The number of hydrogen-bond donors (Lipinski definition) is 2. The van der Waals surface area contributed by atoms with E-state index in [2.05, 4.69) is 4.98 Å². The number of pyridine rings is 1. The maximum atomic E-state index is 9.36. The van der Waals surface area contributed by atoms with Crippen LogP contribution in [0.1, 0.15) is 27.7 Å². The summed E-state index contributed by atoms with van der Waals surface area (Å²) in [4.78, 5) is 3.85. The maximum absolute atomic E-state index is 9.36. The first kappa shape index (κ1) is 13.7. The second-order valence-electron chi connectivity index (χ2n) is 3.52. The number of aliphatic hydroxyl groups is 1. The molecule has 1 aromatic heterocycles. The van der Waals surface area contributed by atoms with Crippen molar-refractivity contribution in [2.75, 3.05) is 12.3 Å². The molecule has 0 saturated carbocycles. The van der Waals surface area contributed by atoms with Crippen LogP contribution in [0.15, 0.2) is 18.3 Å². The van der Waals surface area contributed by atoms with Crippen molar-refractivity contribution in [1.29, 1.82) is 0 Å². The molecule has 0 aliphatic rings. The predicted octanol–water partition coefficient (Wildman–Crippen LogP) is 1.84. The average Bonchev–Trinajstić information content (AvgIpc) is 2.19. The summed E-state index contributed by atoms with van der Waals surface area (Å²) in [7, 11) is 0. The Bertz CT molecular complexity index is 265. The van der Waals surface area contributed by atoms with Gasteiger partial charge in [-0.25, -0.2) is 4.98 Å². The van der Waals surface area contributed by atoms with Gasteiger partial charge in [-0.1, -0.05) is 13.8 Å². The normalized spacial score (nSPS) is 10.2. The molecule has 0 aliphatic carbocycles. The van der Waals surface area contributed by atoms with E-state index < -0.39 is 5.60 Å². The molecule has 1 rings (SSSR count). The summed E-state index contributed by atoms with van der Waals surface area (Å²) in [5.41, 5.74) is 4.56. The highest BCUT2D eigenvalue weighted by Crippen LogP contribution is 2.12. The Balaban J connectivity index is 0.000000921. The number of hydrogen-bond acceptors (Lipinski definition) is 4. The number of nitrogens with zero attached hydrogens (tertiary/aromatic N) is 1. The van der Waals surface area contributed by atoms with E-state index in [1.807, 2.05) is 13.8 Å². The highest BCUT2D eigenvalue weighted by Gasteiger charge is 2.13. The van der Waals surface area contributed by atoms with Gasteiger partial charge >= 0.3 is 0 Å². The van der Waals surface area contributed by atoms with Crippen molar-refractivity contribution < 1.29 is 9.84 Å². The molecular weight excluding hydrogens is 192 g/mol. The SMILES string of the molecule is CC.CC(C)(O)COc1ccc(N)nc1. The van der Waals surface area contributed by atoms with Gasteiger partial charge in [-0.2, -0.15) is 0 Å². The molecule has 1 aromatic rings. The van der Waals surface area contributed by atoms with Gasteiger partial charge in [0, 0.05) is 0 Å². The van der Waals surface area contributed by atoms with Crippen molar-refractivity contribution in [2.24, 2.45) is 0 Å². The van der Waals surface area contributed by atoms with E-state index in [1.165, 1.54) is 6.20 Å². The summed E-state index contributed by atoms with van der Waals surface area (Å²) in [5.74, 6) is 1.06. The second kappa shape index (κ2) is 6.24. The van der Waals surface area contributed by atoms with Crippen LogP contribution < -0.4 is 10.5 Å². The van der Waals surface area contributed by atoms with Crippen LogP contribution >= 0.6 is 0 Å². The summed E-state index contributed by atoms with van der Waals surface area (Å²) >= 11 is 0. The molecule has 0 radical (unpaired) electrons. The predicted molar refractivity (Wildman–Crippen MR) is 61.8 cm³/mol. The number of rotatable bonds is 3. The van der Waals surface area contributed by atoms with Crippen molar-refractivity contribution in [2.45, 2.75) is 33.3 Å². The van der Waals surface area contributed by atoms with Gasteiger partial charge in [0.1, 0.15) is 18.2 Å². The Kier molecular flexibility index (Phi) is 5.70. The fraction of sp³-hybridized carbons (Fsp3) is 0.545. The van der Waals surface area contributed by atoms with Crippen molar-refractivity contribution in [3.8, 4) is 5.75 Å². The lowest BCUT2D eigenvalue weighted by molar-refractivity contribution is 0.0284. The molecule has 3 N–H and O–H groups in total. The van der Waals surface area contributed by atoms with Gasteiger partial charge in [-0.15, -0.1) is 0 Å². The molecular formula is C11H20N2O2. The van der Waals surface area contributed by atoms with Gasteiger partial charge in [-0.3, -0.25) is 0 Å². The standard InChI is InChI=1S/C9H14N2O2.C2H6/c1-9(2,12)6-13-7-3-4-8(10)11-5-7;1-2/h3-5,12H,6H2,1-2H3,(H2,10,11);1-2H3. The lowest BCUT2D eigenvalue weighted by Gasteiger charge is -2.17. The Morgan fingerprint density at radius 3 is 2.40 bits per heavy atom. The van der Waals surface area contributed by atoms with E-state index in [1.54, 1.807) is 26.0 Å². The molecule has 0 fully saturated rings. The fourth-order valence-corrected chi connectivity index (χ4v) is 0.737. The van der Waals surface area contributed by atoms with Gasteiger partial charge in [-0.05, 0) is 26.0 Å². The Hall–Kier alpha value is -1.29. The molecule has 0 spiro atoms. The van der Waals surface area contributed by atoms with Crippen molar-refractivity contribution in [3.05, 3.63) is 18.3 Å². The van der Waals surface area contributed by atoms with E-state index in [9.17, 15) is 5.11 Å². The van der Waals surface area contributed by atoms with Crippen LogP contribution in [0.25, 0.3) is 0 Å². The van der Waals surface area contributed by atoms with Crippen molar-refractivity contribution in [3.63, 3.8) is 0 Å². The van der Waals surface area contributed by atoms with E-state index in [4.69, 9.17) is 10.5 Å². The molecule has 15 heavy (non-hydrogen) atoms. The summed E-state index contributed by atoms with van der Waals surface area (Å²) in [6.45, 7) is 7.59. The van der Waals surface area contributed by atoms with Crippen LogP contribution in [-0.2, 0) is 0 Å². The minimum atomic E-state index is -0.832. The molecule has 0 aromatic carbocycles. The van der Waals surface area contributed by atoms with Crippen molar-refractivity contribution >= 4 is 5.82 Å². The Morgan fingerprint density at radius 2 is 2.00 bits per heavy atom. The summed E-state index contributed by atoms with van der Waals surface area (Å²) < 4.78 is 5.26. The molecule has 0 atom stereocenters. The number of nitrogens with two attached hydrogens (primary N) is 1. The Labute approximate surface area is 91.1 Å². The van der Waals surface area contributed by atoms with E-state index in [0.29, 0.717) is 11.6 Å². The molecule has 4 nitrogen and oxygen atoms in total. The lowest BCUT2D eigenvalue weighted by atomic mass is 10.2. The van der Waals surface area contributed by atoms with E-state index >= 15 is 0 Å². The molecule has 0 aliphatic heterocycles. The maximum Gasteiger partial charge on any atom is 0.137 e. The van der Waals surface area contributed by atoms with E-state index in [0.717, 1.165) is 0 Å². The summed E-state index contributed by atoms with van der Waals surface area (Å²) in [6.07, 6.45) is 1.53. The molecule has 4 heteroatoms. The molecule has 1 heterocycles. The Morgan fingerprint density at radius 1 is 1.40 bits per heavy atom. The zero-order valence-electron chi connectivity index (χ0n) is 9.82. The third-order valence-corrected chi connectivity index (χ3v) is 1.35. The first-order valence-electron chi connectivity index (χ1n) is 5.04. The van der Waals surface area contributed by atoms with Gasteiger partial charge < -0.3 is 15.6 Å². The first-order valence-corrected chi connectivity index (χ1v) is 5.04. The van der Waals surface area contributed by atoms with Crippen molar-refractivity contribution in [1.82, 2.24) is 4.98 Å². The van der Waals surface area contributed by atoms with Crippen LogP contribution in [0.5, 0.6) is 5.75 Å². The minimum Gasteiger partial charge on any atom is -0.489 e. The molecule has 0 unspecified atom stereocenters. The number of aromatic nitrogens is 1. The second-order valence-corrected chi connectivity index (χ2v) is 3.52. The van der Waals surface area contributed by atoms with Crippen LogP contribution in [0.3, 0.4) is 0 Å². The smallest absolute Gasteiger partial charge is 0.137 e. The summed E-state index contributed by atoms with van der Waals surface area (Å²) in [6, 6.07) is 3.37.